The quantitative estimate of drug-likeness (QED) is 0.914. The fourth-order valence-corrected chi connectivity index (χ4v) is 2.11. The summed E-state index contributed by atoms with van der Waals surface area (Å²) in [7, 11) is 0. The molecular weight excluding hydrogens is 242 g/mol. The number of hydrogen-bond acceptors (Lipinski definition) is 5. The van der Waals surface area contributed by atoms with Gasteiger partial charge in [-0.1, -0.05) is 30.3 Å². The average molecular weight is 259 g/mol. The Bertz CT molecular complexity index is 555. The minimum absolute atomic E-state index is 0.0185. The molecule has 100 valence electrons. The van der Waals surface area contributed by atoms with Gasteiger partial charge in [-0.25, -0.2) is 0 Å². The van der Waals surface area contributed by atoms with E-state index in [1.165, 1.54) is 5.56 Å². The number of benzene rings is 1. The van der Waals surface area contributed by atoms with Crippen LogP contribution in [0.3, 0.4) is 0 Å². The molecule has 0 saturated carbocycles. The highest BCUT2D eigenvalue weighted by molar-refractivity contribution is 5.37. The van der Waals surface area contributed by atoms with Crippen LogP contribution in [0.5, 0.6) is 5.75 Å². The average Bonchev–Trinajstić information content (AvgIpc) is 3.03. The number of aromatic nitrogens is 2. The van der Waals surface area contributed by atoms with Crippen LogP contribution in [0.1, 0.15) is 43.1 Å². The van der Waals surface area contributed by atoms with Gasteiger partial charge in [-0.15, -0.1) is 0 Å². The van der Waals surface area contributed by atoms with Crippen LogP contribution in [-0.2, 0) is 6.42 Å². The summed E-state index contributed by atoms with van der Waals surface area (Å²) in [6.07, 6.45) is 0.622. The molecule has 3 rings (SSSR count). The van der Waals surface area contributed by atoms with Crippen molar-refractivity contribution in [1.29, 1.82) is 0 Å². The summed E-state index contributed by atoms with van der Waals surface area (Å²) in [5.41, 5.74) is 7.02. The van der Waals surface area contributed by atoms with Crippen LogP contribution in [0.25, 0.3) is 0 Å². The number of ether oxygens (including phenoxy) is 1. The molecule has 0 amide bonds. The molecule has 2 heterocycles. The van der Waals surface area contributed by atoms with Gasteiger partial charge >= 0.3 is 0 Å². The van der Waals surface area contributed by atoms with Crippen molar-refractivity contribution in [3.63, 3.8) is 0 Å². The normalized spacial score (nSPS) is 20.7. The summed E-state index contributed by atoms with van der Waals surface area (Å²) in [6.45, 7) is 3.91. The van der Waals surface area contributed by atoms with Gasteiger partial charge in [0, 0.05) is 12.5 Å². The molecule has 1 aliphatic heterocycles. The second-order valence-corrected chi connectivity index (χ2v) is 5.06. The molecule has 0 aliphatic carbocycles. The molecule has 0 bridgehead atoms. The van der Waals surface area contributed by atoms with Crippen molar-refractivity contribution in [3.8, 4) is 5.75 Å². The molecule has 0 saturated heterocycles. The van der Waals surface area contributed by atoms with Crippen LogP contribution in [0.4, 0.5) is 0 Å². The Morgan fingerprint density at radius 2 is 2.11 bits per heavy atom. The van der Waals surface area contributed by atoms with Gasteiger partial charge in [0.15, 0.2) is 6.10 Å². The first-order chi connectivity index (χ1) is 9.15. The van der Waals surface area contributed by atoms with E-state index in [1.807, 2.05) is 32.0 Å². The molecule has 1 aliphatic rings. The molecule has 0 fully saturated rings. The topological polar surface area (TPSA) is 74.2 Å². The number of hydrogen-bond donors (Lipinski definition) is 1. The zero-order chi connectivity index (χ0) is 13.4. The second kappa shape index (κ2) is 4.66. The lowest BCUT2D eigenvalue weighted by Crippen LogP contribution is -2.22. The standard InChI is InChI=1S/C14H17N3O2/c1-8(9(2)15)14-16-13(17-19-14)12-7-10-5-3-4-6-11(10)18-12/h3-6,8-9,12H,7,15H2,1-2H3. The summed E-state index contributed by atoms with van der Waals surface area (Å²) < 4.78 is 11.1. The first-order valence-electron chi connectivity index (χ1n) is 6.49. The lowest BCUT2D eigenvalue weighted by molar-refractivity contribution is 0.220. The Hall–Kier alpha value is -1.88. The van der Waals surface area contributed by atoms with E-state index in [0.29, 0.717) is 11.7 Å². The largest absolute Gasteiger partial charge is 0.482 e. The van der Waals surface area contributed by atoms with Gasteiger partial charge in [0.1, 0.15) is 5.75 Å². The third kappa shape index (κ3) is 2.21. The van der Waals surface area contributed by atoms with E-state index in [-0.39, 0.29) is 18.1 Å². The van der Waals surface area contributed by atoms with Crippen molar-refractivity contribution < 1.29 is 9.26 Å². The summed E-state index contributed by atoms with van der Waals surface area (Å²) in [5, 5.41) is 4.02. The molecule has 3 unspecified atom stereocenters. The maximum absolute atomic E-state index is 5.84. The third-order valence-corrected chi connectivity index (χ3v) is 3.57. The predicted octanol–water partition coefficient (Wildman–Crippen LogP) is 2.20. The van der Waals surface area contributed by atoms with Gasteiger partial charge < -0.3 is 15.0 Å². The Morgan fingerprint density at radius 3 is 2.84 bits per heavy atom. The summed E-state index contributed by atoms with van der Waals surface area (Å²) >= 11 is 0. The number of fused-ring (bicyclic) bond motifs is 1. The van der Waals surface area contributed by atoms with Crippen LogP contribution >= 0.6 is 0 Å². The van der Waals surface area contributed by atoms with Crippen molar-refractivity contribution in [2.24, 2.45) is 5.73 Å². The zero-order valence-corrected chi connectivity index (χ0v) is 11.0. The van der Waals surface area contributed by atoms with E-state index >= 15 is 0 Å². The van der Waals surface area contributed by atoms with E-state index in [9.17, 15) is 0 Å². The van der Waals surface area contributed by atoms with Crippen LogP contribution in [-0.4, -0.2) is 16.2 Å². The Kier molecular flexibility index (Phi) is 2.98. The maximum atomic E-state index is 5.84. The van der Waals surface area contributed by atoms with Crippen molar-refractivity contribution in [1.82, 2.24) is 10.1 Å². The van der Waals surface area contributed by atoms with Crippen molar-refractivity contribution in [3.05, 3.63) is 41.5 Å². The lowest BCUT2D eigenvalue weighted by Gasteiger charge is -2.09. The van der Waals surface area contributed by atoms with E-state index < -0.39 is 0 Å². The van der Waals surface area contributed by atoms with Gasteiger partial charge in [-0.05, 0) is 18.6 Å². The molecule has 0 radical (unpaired) electrons. The Balaban J connectivity index is 1.79. The SMILES string of the molecule is CC(N)C(C)c1nc(C2Cc3ccccc3O2)no1. The van der Waals surface area contributed by atoms with E-state index in [1.54, 1.807) is 0 Å². The predicted molar refractivity (Wildman–Crippen MR) is 69.9 cm³/mol. The van der Waals surface area contributed by atoms with Crippen LogP contribution < -0.4 is 10.5 Å². The number of para-hydroxylation sites is 1. The molecule has 2 N–H and O–H groups in total. The minimum Gasteiger partial charge on any atom is -0.482 e. The lowest BCUT2D eigenvalue weighted by atomic mass is 10.1. The highest BCUT2D eigenvalue weighted by atomic mass is 16.5. The van der Waals surface area contributed by atoms with E-state index in [4.69, 9.17) is 15.0 Å². The molecule has 5 heteroatoms. The van der Waals surface area contributed by atoms with Crippen LogP contribution in [0, 0.1) is 0 Å². The fraction of sp³-hybridized carbons (Fsp3) is 0.429. The maximum Gasteiger partial charge on any atom is 0.231 e. The van der Waals surface area contributed by atoms with Gasteiger partial charge in [-0.3, -0.25) is 0 Å². The number of nitrogens with zero attached hydrogens (tertiary/aromatic N) is 2. The minimum atomic E-state index is -0.157. The van der Waals surface area contributed by atoms with Crippen molar-refractivity contribution >= 4 is 0 Å². The highest BCUT2D eigenvalue weighted by Crippen LogP contribution is 2.35. The monoisotopic (exact) mass is 259 g/mol. The zero-order valence-electron chi connectivity index (χ0n) is 11.0. The van der Waals surface area contributed by atoms with Gasteiger partial charge in [0.25, 0.3) is 0 Å². The van der Waals surface area contributed by atoms with Gasteiger partial charge in [0.2, 0.25) is 11.7 Å². The number of nitrogens with two attached hydrogens (primary N) is 1. The summed E-state index contributed by atoms with van der Waals surface area (Å²) in [4.78, 5) is 4.41. The van der Waals surface area contributed by atoms with Crippen molar-refractivity contribution in [2.75, 3.05) is 0 Å². The fourth-order valence-electron chi connectivity index (χ4n) is 2.11. The second-order valence-electron chi connectivity index (χ2n) is 5.06. The van der Waals surface area contributed by atoms with Gasteiger partial charge in [-0.2, -0.15) is 4.98 Å². The highest BCUT2D eigenvalue weighted by Gasteiger charge is 2.29. The Morgan fingerprint density at radius 1 is 1.32 bits per heavy atom. The first-order valence-corrected chi connectivity index (χ1v) is 6.49. The first kappa shape index (κ1) is 12.2. The Labute approximate surface area is 111 Å². The molecule has 1 aromatic carbocycles. The molecule has 0 spiro atoms. The van der Waals surface area contributed by atoms with Crippen molar-refractivity contribution in [2.45, 2.75) is 38.3 Å². The van der Waals surface area contributed by atoms with Crippen LogP contribution in [0.15, 0.2) is 28.8 Å². The molecule has 2 aromatic rings. The summed E-state index contributed by atoms with van der Waals surface area (Å²) in [5.74, 6) is 2.12. The number of rotatable bonds is 3. The van der Waals surface area contributed by atoms with E-state index in [2.05, 4.69) is 16.2 Å². The third-order valence-electron chi connectivity index (χ3n) is 3.57. The molecule has 5 nitrogen and oxygen atoms in total. The smallest absolute Gasteiger partial charge is 0.231 e. The molecule has 1 aromatic heterocycles. The molecule has 19 heavy (non-hydrogen) atoms. The van der Waals surface area contributed by atoms with Gasteiger partial charge in [0.05, 0.1) is 5.92 Å². The molecular formula is C14H17N3O2. The molecule has 3 atom stereocenters. The van der Waals surface area contributed by atoms with Crippen LogP contribution in [0.2, 0.25) is 0 Å². The van der Waals surface area contributed by atoms with E-state index in [0.717, 1.165) is 12.2 Å². The summed E-state index contributed by atoms with van der Waals surface area (Å²) in [6, 6.07) is 7.96.